The first-order valence-electron chi connectivity index (χ1n) is 10.4. The van der Waals surface area contributed by atoms with Gasteiger partial charge in [0.2, 0.25) is 11.8 Å². The molecule has 6 aliphatic carbocycles. The van der Waals surface area contributed by atoms with E-state index in [1.54, 1.807) is 0 Å². The molecule has 26 heavy (non-hydrogen) atoms. The molecule has 9 rings (SSSR count). The quantitative estimate of drug-likeness (QED) is 0.839. The summed E-state index contributed by atoms with van der Waals surface area (Å²) >= 11 is 0. The second-order valence-corrected chi connectivity index (χ2v) is 10.0. The number of carbonyl (C=O) groups excluding carboxylic acids is 2. The molecule has 6 saturated carbocycles. The van der Waals surface area contributed by atoms with Crippen LogP contribution in [0.25, 0.3) is 0 Å². The maximum atomic E-state index is 13.4. The molecule has 2 heterocycles. The summed E-state index contributed by atoms with van der Waals surface area (Å²) in [6, 6.07) is 8.35. The van der Waals surface area contributed by atoms with Crippen molar-refractivity contribution in [3.05, 3.63) is 35.4 Å². The molecule has 2 aliphatic heterocycles. The van der Waals surface area contributed by atoms with Crippen LogP contribution in [0, 0.1) is 46.8 Å². The minimum atomic E-state index is -0.419. The van der Waals surface area contributed by atoms with Crippen molar-refractivity contribution in [2.45, 2.75) is 24.8 Å². The number of hydrogen-bond acceptors (Lipinski definition) is 2. The zero-order chi connectivity index (χ0) is 17.0. The van der Waals surface area contributed by atoms with Crippen molar-refractivity contribution in [2.75, 3.05) is 13.1 Å². The fraction of sp³-hybridized carbons (Fsp3) is 0.636. The van der Waals surface area contributed by atoms with Gasteiger partial charge in [0.05, 0.1) is 10.8 Å². The fourth-order valence-electron chi connectivity index (χ4n) is 9.33. The van der Waals surface area contributed by atoms with Crippen molar-refractivity contribution in [1.29, 1.82) is 0 Å². The third-order valence-electron chi connectivity index (χ3n) is 10.2. The first-order chi connectivity index (χ1) is 12.7. The molecule has 2 amide bonds. The maximum absolute atomic E-state index is 13.4. The van der Waals surface area contributed by atoms with E-state index < -0.39 is 5.41 Å². The van der Waals surface area contributed by atoms with Crippen molar-refractivity contribution in [3.63, 3.8) is 0 Å². The number of nitrogens with zero attached hydrogens (tertiary/aromatic N) is 1. The first-order valence-corrected chi connectivity index (χ1v) is 10.4. The second kappa shape index (κ2) is 3.61. The zero-order valence-corrected chi connectivity index (χ0v) is 14.7. The summed E-state index contributed by atoms with van der Waals surface area (Å²) < 4.78 is 0. The summed E-state index contributed by atoms with van der Waals surface area (Å²) in [6.07, 6.45) is 1.55. The topological polar surface area (TPSA) is 49.4 Å². The number of carbonyl (C=O) groups is 2. The molecule has 0 unspecified atom stereocenters. The Hall–Kier alpha value is -1.84. The number of fused-ring (bicyclic) bond motifs is 2. The molecular weight excluding hydrogens is 324 g/mol. The van der Waals surface area contributed by atoms with Crippen LogP contribution in [0.1, 0.15) is 24.0 Å². The molecule has 0 aromatic heterocycles. The third kappa shape index (κ3) is 0.951. The van der Waals surface area contributed by atoms with Gasteiger partial charge in [0.25, 0.3) is 0 Å². The van der Waals surface area contributed by atoms with Gasteiger partial charge in [-0.15, -0.1) is 0 Å². The zero-order valence-electron chi connectivity index (χ0n) is 14.7. The Morgan fingerprint density at radius 2 is 1.65 bits per heavy atom. The van der Waals surface area contributed by atoms with Gasteiger partial charge in [0, 0.05) is 19.6 Å². The molecule has 0 radical (unpaired) electrons. The molecule has 4 heteroatoms. The van der Waals surface area contributed by atoms with E-state index in [0.717, 1.165) is 67.4 Å². The standard InChI is InChI=1S/C22H22N2O2/c25-19-21(11-4-2-1-3-10(11)9-23-19)5-7-24(8-6-21)20(26)22-16-13-12-14(16)18(22)15(12)17(13)22/h1-4,12-18H,5-9H2,(H,23,25). The molecule has 8 aliphatic rings. The minimum absolute atomic E-state index is 0.103. The van der Waals surface area contributed by atoms with Gasteiger partial charge in [-0.1, -0.05) is 24.3 Å². The van der Waals surface area contributed by atoms with E-state index in [1.807, 2.05) is 6.07 Å². The van der Waals surface area contributed by atoms with Crippen LogP contribution in [0.2, 0.25) is 0 Å². The van der Waals surface area contributed by atoms with Crippen LogP contribution in [-0.4, -0.2) is 29.8 Å². The van der Waals surface area contributed by atoms with Crippen LogP contribution in [-0.2, 0) is 21.5 Å². The summed E-state index contributed by atoms with van der Waals surface area (Å²) in [5.41, 5.74) is 2.13. The normalized spacial score (nSPS) is 51.6. The molecule has 4 nitrogen and oxygen atoms in total. The SMILES string of the molecule is O=C1NCc2ccccc2C12CCN(C(=O)C13C4C5C6C4C1C6C53)CC2. The predicted molar refractivity (Wildman–Crippen MR) is 92.6 cm³/mol. The van der Waals surface area contributed by atoms with Crippen molar-refractivity contribution in [2.24, 2.45) is 46.8 Å². The lowest BCUT2D eigenvalue weighted by atomic mass is 8.96. The Labute approximate surface area is 152 Å². The van der Waals surface area contributed by atoms with Gasteiger partial charge in [0.15, 0.2) is 0 Å². The number of amides is 2. The molecule has 1 spiro atoms. The second-order valence-electron chi connectivity index (χ2n) is 10.0. The van der Waals surface area contributed by atoms with Gasteiger partial charge < -0.3 is 10.2 Å². The Bertz CT molecular complexity index is 877. The van der Waals surface area contributed by atoms with E-state index >= 15 is 0 Å². The van der Waals surface area contributed by atoms with Gasteiger partial charge in [-0.05, 0) is 65.4 Å². The molecular formula is C22H22N2O2. The van der Waals surface area contributed by atoms with Crippen molar-refractivity contribution >= 4 is 11.8 Å². The fourth-order valence-corrected chi connectivity index (χ4v) is 9.33. The Kier molecular flexibility index (Phi) is 1.85. The minimum Gasteiger partial charge on any atom is -0.351 e. The van der Waals surface area contributed by atoms with E-state index in [2.05, 4.69) is 28.4 Å². The van der Waals surface area contributed by atoms with Crippen LogP contribution in [0.3, 0.4) is 0 Å². The number of benzene rings is 1. The average Bonchev–Trinajstić information content (AvgIpc) is 2.71. The highest BCUT2D eigenvalue weighted by atomic mass is 16.2. The summed E-state index contributed by atoms with van der Waals surface area (Å²) in [4.78, 5) is 28.4. The highest BCUT2D eigenvalue weighted by Gasteiger charge is 3.06. The number of likely N-dealkylation sites (tertiary alicyclic amines) is 1. The highest BCUT2D eigenvalue weighted by molar-refractivity contribution is 5.93. The average molecular weight is 346 g/mol. The molecule has 0 atom stereocenters. The molecule has 1 saturated heterocycles. The van der Waals surface area contributed by atoms with E-state index in [4.69, 9.17) is 0 Å². The Morgan fingerprint density at radius 1 is 1.00 bits per heavy atom. The van der Waals surface area contributed by atoms with Gasteiger partial charge in [-0.25, -0.2) is 0 Å². The summed E-state index contributed by atoms with van der Waals surface area (Å²) in [7, 11) is 0. The van der Waals surface area contributed by atoms with Crippen LogP contribution in [0.5, 0.6) is 0 Å². The molecule has 1 N–H and O–H groups in total. The first kappa shape index (κ1) is 13.3. The van der Waals surface area contributed by atoms with Gasteiger partial charge in [0.1, 0.15) is 0 Å². The largest absolute Gasteiger partial charge is 0.351 e. The lowest BCUT2D eigenvalue weighted by molar-refractivity contribution is -0.597. The lowest BCUT2D eigenvalue weighted by Gasteiger charge is -3.06. The molecule has 7 fully saturated rings. The van der Waals surface area contributed by atoms with Crippen molar-refractivity contribution < 1.29 is 9.59 Å². The van der Waals surface area contributed by atoms with E-state index in [-0.39, 0.29) is 11.3 Å². The number of piperidine rings is 1. The van der Waals surface area contributed by atoms with Gasteiger partial charge in [-0.3, -0.25) is 9.59 Å². The van der Waals surface area contributed by atoms with Crippen LogP contribution >= 0.6 is 0 Å². The monoisotopic (exact) mass is 346 g/mol. The summed E-state index contributed by atoms with van der Waals surface area (Å²) in [5.74, 6) is 6.86. The molecule has 0 bridgehead atoms. The summed E-state index contributed by atoms with van der Waals surface area (Å²) in [5, 5.41) is 3.10. The van der Waals surface area contributed by atoms with Crippen LogP contribution in [0.15, 0.2) is 24.3 Å². The van der Waals surface area contributed by atoms with Crippen molar-refractivity contribution in [3.8, 4) is 0 Å². The maximum Gasteiger partial charge on any atom is 0.231 e. The van der Waals surface area contributed by atoms with Crippen LogP contribution in [0.4, 0.5) is 0 Å². The Morgan fingerprint density at radius 3 is 2.35 bits per heavy atom. The number of nitrogens with one attached hydrogen (secondary N) is 1. The van der Waals surface area contributed by atoms with E-state index in [9.17, 15) is 9.59 Å². The molecule has 1 aromatic carbocycles. The molecule has 132 valence electrons. The van der Waals surface area contributed by atoms with Gasteiger partial charge in [-0.2, -0.15) is 0 Å². The van der Waals surface area contributed by atoms with Gasteiger partial charge >= 0.3 is 0 Å². The number of rotatable bonds is 1. The van der Waals surface area contributed by atoms with E-state index in [0.29, 0.717) is 12.5 Å². The van der Waals surface area contributed by atoms with Crippen LogP contribution < -0.4 is 5.32 Å². The Balaban J connectivity index is 1.09. The highest BCUT2D eigenvalue weighted by Crippen LogP contribution is 3.06. The van der Waals surface area contributed by atoms with E-state index in [1.165, 1.54) is 11.1 Å². The number of hydrogen-bond donors (Lipinski definition) is 1. The smallest absolute Gasteiger partial charge is 0.231 e. The molecule has 1 aromatic rings. The van der Waals surface area contributed by atoms with Crippen molar-refractivity contribution in [1.82, 2.24) is 10.2 Å². The third-order valence-corrected chi connectivity index (χ3v) is 10.2. The lowest BCUT2D eigenvalue weighted by Crippen LogP contribution is -3.07. The predicted octanol–water partition coefficient (Wildman–Crippen LogP) is 1.54. The summed E-state index contributed by atoms with van der Waals surface area (Å²) in [6.45, 7) is 2.13.